The standard InChI is InChI=1S/2C21H26INO5.C21H26NO5.C14H14INO2.C13H18INO3.C8H11BO4.3CH3.2ClH.Sn/c2*1-21(2,3)28-20(24)23-12-11-15-5-10-19(18(22)13-15)27-17-8-6-16(7-9-17)26-14-25-4;1-21(2,3)27-20(23)22-14-13-16-5-7-18(8-6-16)26-19-11-9-17(10-12-19)25-15-24-4;15-13-9-10(7-8-16)1-6-14(13)18-12-4-2-11(17)3-5-12;1-13(2,3)18-12(17)15-7-6-9-4-5-11(16)10(14)8-9;1-12-6-13-8-4-2-7(3-5-8)9(10)11;;;;;;/h2*5-10,13H,11-12,14H2,1-4H3,(H,23,24);5-7,9-12H,13-15H2,1-4H3,(H,22,23);1-6,9,17H,7-8,16H2;4-5,8,16H,6-7H2,1-3H3,(H,15,17);2-5,10-11H,6H2,1H3;3*1H3;2*1H;/i22-2;;;15-2;;;;;;;;. The predicted octanol–water partition coefficient (Wildman–Crippen LogP) is 21.9. The van der Waals surface area contributed by atoms with Gasteiger partial charge in [-0.25, -0.2) is 14.4 Å². The predicted molar refractivity (Wildman–Crippen MR) is 581 cm³/mol. The van der Waals surface area contributed by atoms with Crippen LogP contribution in [0.5, 0.6) is 80.5 Å². The van der Waals surface area contributed by atoms with Crippen LogP contribution < -0.4 is 73.9 Å². The van der Waals surface area contributed by atoms with Crippen molar-refractivity contribution in [3.8, 4) is 80.5 Å². The van der Waals surface area contributed by atoms with Gasteiger partial charge < -0.3 is 98.8 Å². The van der Waals surface area contributed by atoms with Gasteiger partial charge in [-0.1, -0.05) is 36.4 Å². The first-order valence-corrected chi connectivity index (χ1v) is 57.8. The van der Waals surface area contributed by atoms with Crippen LogP contribution in [0.1, 0.15) is 111 Å². The summed E-state index contributed by atoms with van der Waals surface area (Å²) in [6, 6.07) is 65.1. The molecule has 0 aliphatic carbocycles. The van der Waals surface area contributed by atoms with Crippen LogP contribution in [0.15, 0.2) is 212 Å². The van der Waals surface area contributed by atoms with Crippen molar-refractivity contribution in [2.45, 2.75) is 152 Å². The molecule has 0 radical (unpaired) electrons. The molecule has 0 aromatic heterocycles. The number of benzene rings is 10. The number of alkyl carbamates (subject to hydrolysis) is 4. The van der Waals surface area contributed by atoms with E-state index in [0.29, 0.717) is 68.9 Å². The van der Waals surface area contributed by atoms with E-state index >= 15 is 0 Å². The fraction of sp³-hybridized carbons (Fsp3) is 0.366. The number of phenols is 2. The minimum absolute atomic E-state index is 0. The number of hydrogen-bond donors (Lipinski definition) is 9. The van der Waals surface area contributed by atoms with Gasteiger partial charge in [-0.15, -0.1) is 24.8 Å². The second kappa shape index (κ2) is 64.0. The Balaban J connectivity index is 0.000000434. The summed E-state index contributed by atoms with van der Waals surface area (Å²) < 4.78 is 90.5. The Labute approximate surface area is 883 Å². The van der Waals surface area contributed by atoms with Crippen molar-refractivity contribution in [2.24, 2.45) is 5.73 Å². The monoisotopic (exact) mass is 2500 g/mol. The van der Waals surface area contributed by atoms with E-state index in [1.807, 2.05) is 223 Å². The van der Waals surface area contributed by atoms with Crippen LogP contribution >= 0.6 is 115 Å². The van der Waals surface area contributed by atoms with Gasteiger partial charge >= 0.3 is 216 Å². The first-order valence-electron chi connectivity index (χ1n) is 43.5. The molecule has 10 aromatic rings. The number of nitrogens with two attached hydrogens (primary N) is 1. The molecular weight excluding hydrogens is 2370 g/mol. The van der Waals surface area contributed by atoms with E-state index in [1.165, 1.54) is 21.8 Å². The van der Waals surface area contributed by atoms with Crippen LogP contribution in [0.25, 0.3) is 0 Å². The molecule has 10 aromatic carbocycles. The number of carbonyl (C=O) groups excluding carboxylic acids is 4. The molecular formula is C101H132BCl2I4N5O24Sn. The van der Waals surface area contributed by atoms with Crippen LogP contribution in [-0.4, -0.2) is 181 Å². The number of methoxy groups -OCH3 is 4. The summed E-state index contributed by atoms with van der Waals surface area (Å²) in [7, 11) is 4.85. The fourth-order valence-electron chi connectivity index (χ4n) is 11.2. The first kappa shape index (κ1) is 124. The Morgan fingerprint density at radius 2 is 0.616 bits per heavy atom. The summed E-state index contributed by atoms with van der Waals surface area (Å²) in [6.45, 7) is 25.6. The van der Waals surface area contributed by atoms with Crippen molar-refractivity contribution in [3.05, 3.63) is 254 Å². The van der Waals surface area contributed by atoms with Crippen molar-refractivity contribution >= 4 is 174 Å². The number of carbonyl (C=O) groups is 4. The van der Waals surface area contributed by atoms with E-state index in [-0.39, 0.29) is 69.6 Å². The van der Waals surface area contributed by atoms with Gasteiger partial charge in [-0.2, -0.15) is 0 Å². The number of amides is 4. The molecule has 0 spiro atoms. The van der Waals surface area contributed by atoms with E-state index in [0.717, 1.165) is 101 Å². The maximum atomic E-state index is 11.9. The van der Waals surface area contributed by atoms with Gasteiger partial charge in [0.25, 0.3) is 0 Å². The Bertz CT molecular complexity index is 5120. The van der Waals surface area contributed by atoms with Crippen LogP contribution in [0, 0.1) is 14.3 Å². The van der Waals surface area contributed by atoms with E-state index in [4.69, 9.17) is 91.6 Å². The van der Waals surface area contributed by atoms with Crippen molar-refractivity contribution in [1.29, 1.82) is 0 Å². The molecule has 0 saturated heterocycles. The third kappa shape index (κ3) is 53.3. The number of hydrogen-bond acceptors (Lipinski definition) is 25. The summed E-state index contributed by atoms with van der Waals surface area (Å²) in [4.78, 5) is 53.7. The second-order valence-corrected chi connectivity index (χ2v) is 53.9. The fourth-order valence-corrected chi connectivity index (χ4v) is 18.1. The van der Waals surface area contributed by atoms with E-state index in [9.17, 15) is 29.4 Å². The van der Waals surface area contributed by atoms with Gasteiger partial charge in [0, 0.05) is 41.0 Å². The summed E-state index contributed by atoms with van der Waals surface area (Å²) in [5.74, 6) is 9.48. The summed E-state index contributed by atoms with van der Waals surface area (Å²) in [5.41, 5.74) is 9.67. The van der Waals surface area contributed by atoms with Gasteiger partial charge in [-0.05, 0) is 346 Å². The normalized spacial score (nSPS) is 10.8. The topological polar surface area (TPSA) is 371 Å². The van der Waals surface area contributed by atoms with Gasteiger partial charge in [0.05, 0.1) is 14.3 Å². The quantitative estimate of drug-likeness (QED) is 0.00762. The zero-order valence-electron chi connectivity index (χ0n) is 81.5. The van der Waals surface area contributed by atoms with Gasteiger partial charge in [0.2, 0.25) is 0 Å². The van der Waals surface area contributed by atoms with Crippen molar-refractivity contribution in [1.82, 2.24) is 21.3 Å². The number of halogens is 6. The SMILES string of the molecule is CC(C)(C)OC(=O)NCCc1ccc(O)c(I)c1.COCOc1ccc(B(O)O)cc1.COCOc1ccc(Oc2ccc(CCNC(=O)OC(C)(C)C)c[c]2[Sn]([CH3])([CH3])[CH3])cc1.COCOc1ccc(Oc2ccc(CCNC(=O)OC(C)(C)C)cc2I)cc1.COCOc1ccc(Oc2ccc(CCNC(=O)OC(C)(C)C)cc2[125I])cc1.Cl.Cl.NCCc1ccc(Oc2ccc(O)cc2)c([125I])c1. The Morgan fingerprint density at radius 3 is 0.906 bits per heavy atom. The van der Waals surface area contributed by atoms with Crippen molar-refractivity contribution < 1.29 is 115 Å². The maximum Gasteiger partial charge on any atom is 0.407 e. The van der Waals surface area contributed by atoms with E-state index in [2.05, 4.69) is 145 Å². The van der Waals surface area contributed by atoms with Gasteiger partial charge in [-0.3, -0.25) is 0 Å². The van der Waals surface area contributed by atoms with Crippen LogP contribution in [-0.2, 0) is 70.0 Å². The number of phenolic OH excluding ortho intramolecular Hbond substituents is 2. The third-order valence-corrected chi connectivity index (χ3v) is 26.5. The average Bonchev–Trinajstić information content (AvgIpc) is 0.803. The smallest absolute Gasteiger partial charge is 0.407 e. The average molecular weight is 2500 g/mol. The Morgan fingerprint density at radius 1 is 0.355 bits per heavy atom. The molecule has 0 aliphatic heterocycles. The van der Waals surface area contributed by atoms with Gasteiger partial charge in [0.1, 0.15) is 80.0 Å². The largest absolute Gasteiger partial charge is 0.508 e. The molecule has 29 nitrogen and oxygen atoms in total. The molecule has 0 unspecified atom stereocenters. The molecule has 37 heteroatoms. The van der Waals surface area contributed by atoms with Crippen molar-refractivity contribution in [2.75, 3.05) is 88.3 Å². The van der Waals surface area contributed by atoms with Gasteiger partial charge in [0.15, 0.2) is 20.4 Å². The summed E-state index contributed by atoms with van der Waals surface area (Å²) in [5, 5.41) is 47.2. The van der Waals surface area contributed by atoms with Crippen LogP contribution in [0.3, 0.4) is 0 Å². The minimum Gasteiger partial charge on any atom is -0.508 e. The Kier molecular flexibility index (Phi) is 57.3. The van der Waals surface area contributed by atoms with E-state index < -0.39 is 66.2 Å². The second-order valence-electron chi connectivity index (χ2n) is 34.9. The summed E-state index contributed by atoms with van der Waals surface area (Å²) in [6.07, 6.45) is 2.13. The third-order valence-electron chi connectivity index (χ3n) is 17.4. The molecule has 4 amide bonds. The minimum atomic E-state index is -2.46. The molecule has 0 saturated carbocycles. The number of rotatable bonds is 36. The molecule has 10 rings (SSSR count). The molecule has 0 heterocycles. The molecule has 10 N–H and O–H groups in total. The van der Waals surface area contributed by atoms with Crippen LogP contribution in [0.4, 0.5) is 19.2 Å². The molecule has 138 heavy (non-hydrogen) atoms. The number of nitrogens with one attached hydrogen (secondary N) is 4. The molecule has 0 fully saturated rings. The molecule has 754 valence electrons. The maximum absolute atomic E-state index is 11.9. The zero-order valence-corrected chi connectivity index (χ0v) is 94.7. The molecule has 0 aliphatic rings. The van der Waals surface area contributed by atoms with Crippen LogP contribution in [0.2, 0.25) is 14.8 Å². The molecule has 0 bridgehead atoms. The number of aromatic hydroxyl groups is 2. The Hall–Kier alpha value is -8.64. The first-order chi connectivity index (χ1) is 64.2. The van der Waals surface area contributed by atoms with E-state index in [1.54, 1.807) is 75.9 Å². The summed E-state index contributed by atoms with van der Waals surface area (Å²) >= 11 is 6.34. The molecule has 0 atom stereocenters. The van der Waals surface area contributed by atoms with Crippen molar-refractivity contribution in [3.63, 3.8) is 0 Å². The number of ether oxygens (including phenoxy) is 16. The zero-order chi connectivity index (χ0) is 101.